The highest BCUT2D eigenvalue weighted by atomic mass is 19.1. The van der Waals surface area contributed by atoms with Crippen molar-refractivity contribution in [2.24, 2.45) is 10.9 Å². The van der Waals surface area contributed by atoms with Crippen molar-refractivity contribution in [3.05, 3.63) is 58.7 Å². The Bertz CT molecular complexity index is 916. The van der Waals surface area contributed by atoms with E-state index in [1.807, 2.05) is 26.0 Å². The number of aliphatic imine (C=N–C) groups is 1. The van der Waals surface area contributed by atoms with Crippen molar-refractivity contribution in [3.63, 3.8) is 0 Å². The standard InChI is InChI=1S/C21H20F2N2O/c1-12-6-19-20(7-13(12)2)25(11-14-8-15(22)10-16(23)9-14)21(26)17-4-3-5-18(17)24-19/h6-10,17H,3-5,11H2,1-2H3. The van der Waals surface area contributed by atoms with Crippen molar-refractivity contribution in [1.82, 2.24) is 0 Å². The number of fused-ring (bicyclic) bond motifs is 2. The van der Waals surface area contributed by atoms with Crippen LogP contribution in [0.4, 0.5) is 20.2 Å². The molecule has 26 heavy (non-hydrogen) atoms. The summed E-state index contributed by atoms with van der Waals surface area (Å²) in [5.74, 6) is -1.55. The Labute approximate surface area is 151 Å². The summed E-state index contributed by atoms with van der Waals surface area (Å²) in [5, 5.41) is 0. The van der Waals surface area contributed by atoms with Gasteiger partial charge in [-0.25, -0.2) is 8.78 Å². The molecule has 0 aromatic heterocycles. The second-order valence-electron chi connectivity index (χ2n) is 7.18. The van der Waals surface area contributed by atoms with E-state index in [-0.39, 0.29) is 18.4 Å². The summed E-state index contributed by atoms with van der Waals surface area (Å²) in [6, 6.07) is 7.33. The molecule has 134 valence electrons. The predicted octanol–water partition coefficient (Wildman–Crippen LogP) is 5.00. The number of rotatable bonds is 2. The number of halogens is 2. The first kappa shape index (κ1) is 16.9. The maximum atomic E-state index is 13.6. The number of aryl methyl sites for hydroxylation is 2. The Balaban J connectivity index is 1.83. The van der Waals surface area contributed by atoms with E-state index in [0.29, 0.717) is 11.3 Å². The number of hydrogen-bond donors (Lipinski definition) is 0. The molecular formula is C21H20F2N2O. The van der Waals surface area contributed by atoms with E-state index in [4.69, 9.17) is 4.99 Å². The van der Waals surface area contributed by atoms with Crippen LogP contribution in [0.15, 0.2) is 35.3 Å². The van der Waals surface area contributed by atoms with E-state index in [1.54, 1.807) is 4.90 Å². The third-order valence-corrected chi connectivity index (χ3v) is 5.30. The van der Waals surface area contributed by atoms with Crippen LogP contribution in [-0.4, -0.2) is 11.6 Å². The number of carbonyl (C=O) groups is 1. The van der Waals surface area contributed by atoms with Gasteiger partial charge in [-0.3, -0.25) is 9.79 Å². The minimum atomic E-state index is -0.639. The van der Waals surface area contributed by atoms with Gasteiger partial charge in [0.2, 0.25) is 5.91 Å². The molecule has 0 saturated heterocycles. The SMILES string of the molecule is Cc1cc2c(cc1C)N(Cc1cc(F)cc(F)c1)C(=O)C1CCCC1=N2. The molecule has 1 atom stereocenters. The van der Waals surface area contributed by atoms with Gasteiger partial charge in [-0.1, -0.05) is 0 Å². The van der Waals surface area contributed by atoms with E-state index >= 15 is 0 Å². The number of amides is 1. The highest BCUT2D eigenvalue weighted by Crippen LogP contribution is 2.40. The monoisotopic (exact) mass is 354 g/mol. The molecule has 0 N–H and O–H groups in total. The number of anilines is 1. The Morgan fingerprint density at radius 1 is 1.08 bits per heavy atom. The Hall–Kier alpha value is -2.56. The summed E-state index contributed by atoms with van der Waals surface area (Å²) < 4.78 is 27.2. The van der Waals surface area contributed by atoms with Crippen molar-refractivity contribution in [2.45, 2.75) is 39.7 Å². The maximum absolute atomic E-state index is 13.6. The number of benzene rings is 2. The van der Waals surface area contributed by atoms with Crippen LogP contribution in [0.25, 0.3) is 0 Å². The fraction of sp³-hybridized carbons (Fsp3) is 0.333. The van der Waals surface area contributed by atoms with Gasteiger partial charge in [-0.2, -0.15) is 0 Å². The lowest BCUT2D eigenvalue weighted by Crippen LogP contribution is -2.36. The Morgan fingerprint density at radius 2 is 1.77 bits per heavy atom. The lowest BCUT2D eigenvalue weighted by atomic mass is 10.0. The minimum absolute atomic E-state index is 0.0343. The average Bonchev–Trinajstić information content (AvgIpc) is 2.99. The average molecular weight is 354 g/mol. The van der Waals surface area contributed by atoms with Crippen LogP contribution in [0, 0.1) is 31.4 Å². The molecule has 1 aliphatic heterocycles. The summed E-state index contributed by atoms with van der Waals surface area (Å²) in [5.41, 5.74) is 4.99. The van der Waals surface area contributed by atoms with Gasteiger partial charge >= 0.3 is 0 Å². The summed E-state index contributed by atoms with van der Waals surface area (Å²) >= 11 is 0. The van der Waals surface area contributed by atoms with Gasteiger partial charge in [0, 0.05) is 11.8 Å². The van der Waals surface area contributed by atoms with Crippen molar-refractivity contribution >= 4 is 23.0 Å². The maximum Gasteiger partial charge on any atom is 0.236 e. The third-order valence-electron chi connectivity index (χ3n) is 5.30. The van der Waals surface area contributed by atoms with Gasteiger partial charge in [-0.05, 0) is 74.1 Å². The molecule has 1 saturated carbocycles. The zero-order chi connectivity index (χ0) is 18.4. The van der Waals surface area contributed by atoms with Crippen LogP contribution in [0.5, 0.6) is 0 Å². The number of nitrogens with zero attached hydrogens (tertiary/aromatic N) is 2. The van der Waals surface area contributed by atoms with E-state index in [1.165, 1.54) is 12.1 Å². The highest BCUT2D eigenvalue weighted by molar-refractivity contribution is 6.15. The molecule has 1 amide bonds. The molecule has 0 bridgehead atoms. The zero-order valence-corrected chi connectivity index (χ0v) is 14.9. The van der Waals surface area contributed by atoms with Gasteiger partial charge in [0.25, 0.3) is 0 Å². The minimum Gasteiger partial charge on any atom is -0.305 e. The molecule has 2 aliphatic rings. The Kier molecular flexibility index (Phi) is 4.10. The van der Waals surface area contributed by atoms with Crippen LogP contribution in [0.3, 0.4) is 0 Å². The number of carbonyl (C=O) groups excluding carboxylic acids is 1. The van der Waals surface area contributed by atoms with Crippen LogP contribution in [0.2, 0.25) is 0 Å². The van der Waals surface area contributed by atoms with E-state index in [0.717, 1.165) is 47.9 Å². The first-order valence-corrected chi connectivity index (χ1v) is 8.87. The van der Waals surface area contributed by atoms with E-state index in [2.05, 4.69) is 0 Å². The molecule has 2 aromatic rings. The number of hydrogen-bond acceptors (Lipinski definition) is 2. The summed E-state index contributed by atoms with van der Waals surface area (Å²) in [4.78, 5) is 19.6. The molecule has 4 rings (SSSR count). The fourth-order valence-corrected chi connectivity index (χ4v) is 3.83. The fourth-order valence-electron chi connectivity index (χ4n) is 3.83. The van der Waals surface area contributed by atoms with Crippen molar-refractivity contribution in [2.75, 3.05) is 4.90 Å². The van der Waals surface area contributed by atoms with Crippen LogP contribution in [0.1, 0.15) is 36.0 Å². The highest BCUT2D eigenvalue weighted by Gasteiger charge is 2.36. The summed E-state index contributed by atoms with van der Waals surface area (Å²) in [6.07, 6.45) is 2.54. The second kappa shape index (κ2) is 6.31. The van der Waals surface area contributed by atoms with Gasteiger partial charge in [-0.15, -0.1) is 0 Å². The topological polar surface area (TPSA) is 32.7 Å². The molecular weight excluding hydrogens is 334 g/mol. The van der Waals surface area contributed by atoms with Crippen molar-refractivity contribution in [3.8, 4) is 0 Å². The third kappa shape index (κ3) is 2.91. The second-order valence-corrected chi connectivity index (χ2v) is 7.18. The lowest BCUT2D eigenvalue weighted by molar-refractivity contribution is -0.120. The van der Waals surface area contributed by atoms with E-state index < -0.39 is 11.6 Å². The van der Waals surface area contributed by atoms with Crippen LogP contribution in [-0.2, 0) is 11.3 Å². The van der Waals surface area contributed by atoms with Crippen molar-refractivity contribution in [1.29, 1.82) is 0 Å². The molecule has 1 fully saturated rings. The smallest absolute Gasteiger partial charge is 0.236 e. The summed E-state index contributed by atoms with van der Waals surface area (Å²) in [6.45, 7) is 4.13. The molecule has 1 aliphatic carbocycles. The van der Waals surface area contributed by atoms with Gasteiger partial charge in [0.15, 0.2) is 0 Å². The van der Waals surface area contributed by atoms with Crippen LogP contribution >= 0.6 is 0 Å². The van der Waals surface area contributed by atoms with Gasteiger partial charge in [0.05, 0.1) is 23.8 Å². The molecule has 1 unspecified atom stereocenters. The molecule has 3 nitrogen and oxygen atoms in total. The van der Waals surface area contributed by atoms with Gasteiger partial charge < -0.3 is 4.90 Å². The lowest BCUT2D eigenvalue weighted by Gasteiger charge is -2.25. The van der Waals surface area contributed by atoms with Crippen LogP contribution < -0.4 is 4.90 Å². The largest absolute Gasteiger partial charge is 0.305 e. The normalized spacial score (nSPS) is 19.1. The quantitative estimate of drug-likeness (QED) is 0.747. The predicted molar refractivity (Wildman–Crippen MR) is 97.9 cm³/mol. The molecule has 1 heterocycles. The molecule has 5 heteroatoms. The molecule has 0 spiro atoms. The zero-order valence-electron chi connectivity index (χ0n) is 14.9. The van der Waals surface area contributed by atoms with Crippen molar-refractivity contribution < 1.29 is 13.6 Å². The summed E-state index contributed by atoms with van der Waals surface area (Å²) in [7, 11) is 0. The molecule has 0 radical (unpaired) electrons. The Morgan fingerprint density at radius 3 is 2.50 bits per heavy atom. The molecule has 2 aromatic carbocycles. The first-order chi connectivity index (χ1) is 12.4. The van der Waals surface area contributed by atoms with E-state index in [9.17, 15) is 13.6 Å². The van der Waals surface area contributed by atoms with Gasteiger partial charge in [0.1, 0.15) is 11.6 Å². The first-order valence-electron chi connectivity index (χ1n) is 8.87.